The summed E-state index contributed by atoms with van der Waals surface area (Å²) in [5, 5.41) is 16.2. The Balaban J connectivity index is 1.72. The number of benzene rings is 1. The van der Waals surface area contributed by atoms with Crippen molar-refractivity contribution in [3.05, 3.63) is 52.8 Å². The number of aromatic nitrogens is 2. The molecule has 0 saturated carbocycles. The van der Waals surface area contributed by atoms with E-state index in [1.54, 1.807) is 23.0 Å². The van der Waals surface area contributed by atoms with Gasteiger partial charge in [-0.15, -0.1) is 0 Å². The molecule has 1 N–H and O–H groups in total. The predicted octanol–water partition coefficient (Wildman–Crippen LogP) is 1.73. The van der Waals surface area contributed by atoms with Crippen molar-refractivity contribution < 1.29 is 9.53 Å². The van der Waals surface area contributed by atoms with Gasteiger partial charge in [0, 0.05) is 32.3 Å². The van der Waals surface area contributed by atoms with Crippen LogP contribution in [0, 0.1) is 11.3 Å². The SMILES string of the molecule is Cn1cc(C(=O)NCc2cccc(C#N)c2)c(C2CCOC2)n1. The molecule has 1 aliphatic heterocycles. The smallest absolute Gasteiger partial charge is 0.255 e. The van der Waals surface area contributed by atoms with Gasteiger partial charge in [0.2, 0.25) is 0 Å². The fourth-order valence-electron chi connectivity index (χ4n) is 2.76. The van der Waals surface area contributed by atoms with Crippen molar-refractivity contribution in [3.8, 4) is 6.07 Å². The van der Waals surface area contributed by atoms with Crippen molar-refractivity contribution in [2.24, 2.45) is 7.05 Å². The predicted molar refractivity (Wildman–Crippen MR) is 83.7 cm³/mol. The third-order valence-corrected chi connectivity index (χ3v) is 3.93. The minimum absolute atomic E-state index is 0.151. The van der Waals surface area contributed by atoms with Crippen molar-refractivity contribution in [2.75, 3.05) is 13.2 Å². The first-order valence-electron chi connectivity index (χ1n) is 7.56. The summed E-state index contributed by atoms with van der Waals surface area (Å²) in [7, 11) is 1.81. The molecule has 1 aromatic carbocycles. The molecule has 1 aliphatic rings. The van der Waals surface area contributed by atoms with E-state index in [1.807, 2.05) is 19.2 Å². The molecule has 2 aromatic rings. The molecule has 0 radical (unpaired) electrons. The molecule has 1 aromatic heterocycles. The molecule has 23 heavy (non-hydrogen) atoms. The third kappa shape index (κ3) is 3.41. The summed E-state index contributed by atoms with van der Waals surface area (Å²) in [6, 6.07) is 9.31. The van der Waals surface area contributed by atoms with E-state index in [2.05, 4.69) is 16.5 Å². The first-order chi connectivity index (χ1) is 11.2. The Labute approximate surface area is 134 Å². The number of amides is 1. The van der Waals surface area contributed by atoms with Gasteiger partial charge in [-0.05, 0) is 24.1 Å². The number of aryl methyl sites for hydroxylation is 1. The second-order valence-corrected chi connectivity index (χ2v) is 5.66. The summed E-state index contributed by atoms with van der Waals surface area (Å²) in [5.41, 5.74) is 2.88. The number of carbonyl (C=O) groups is 1. The van der Waals surface area contributed by atoms with Crippen LogP contribution in [0.1, 0.15) is 39.5 Å². The molecular weight excluding hydrogens is 292 g/mol. The van der Waals surface area contributed by atoms with Crippen LogP contribution in [-0.4, -0.2) is 28.9 Å². The number of hydrogen-bond acceptors (Lipinski definition) is 4. The highest BCUT2D eigenvalue weighted by molar-refractivity contribution is 5.95. The molecule has 1 atom stereocenters. The van der Waals surface area contributed by atoms with Gasteiger partial charge in [-0.2, -0.15) is 10.4 Å². The summed E-state index contributed by atoms with van der Waals surface area (Å²) in [5.74, 6) is 0.0289. The fraction of sp³-hybridized carbons (Fsp3) is 0.353. The first kappa shape index (κ1) is 15.3. The lowest BCUT2D eigenvalue weighted by Crippen LogP contribution is -2.24. The lowest BCUT2D eigenvalue weighted by atomic mass is 10.0. The van der Waals surface area contributed by atoms with Gasteiger partial charge < -0.3 is 10.1 Å². The maximum absolute atomic E-state index is 12.5. The molecule has 0 aliphatic carbocycles. The second kappa shape index (κ2) is 6.63. The molecule has 0 spiro atoms. The van der Waals surface area contributed by atoms with Gasteiger partial charge in [0.15, 0.2) is 0 Å². The van der Waals surface area contributed by atoms with Gasteiger partial charge >= 0.3 is 0 Å². The molecule has 2 heterocycles. The highest BCUT2D eigenvalue weighted by Crippen LogP contribution is 2.26. The van der Waals surface area contributed by atoms with Crippen LogP contribution in [0.5, 0.6) is 0 Å². The Bertz CT molecular complexity index is 754. The van der Waals surface area contributed by atoms with Crippen LogP contribution < -0.4 is 5.32 Å². The maximum Gasteiger partial charge on any atom is 0.255 e. The lowest BCUT2D eigenvalue weighted by Gasteiger charge is -2.08. The van der Waals surface area contributed by atoms with E-state index in [0.717, 1.165) is 17.7 Å². The number of nitrogens with one attached hydrogen (secondary N) is 1. The van der Waals surface area contributed by atoms with Crippen molar-refractivity contribution >= 4 is 5.91 Å². The molecule has 6 heteroatoms. The largest absolute Gasteiger partial charge is 0.381 e. The molecule has 1 unspecified atom stereocenters. The number of carbonyl (C=O) groups excluding carboxylic acids is 1. The minimum Gasteiger partial charge on any atom is -0.381 e. The quantitative estimate of drug-likeness (QED) is 0.932. The zero-order valence-corrected chi connectivity index (χ0v) is 13.0. The van der Waals surface area contributed by atoms with E-state index in [4.69, 9.17) is 10.00 Å². The highest BCUT2D eigenvalue weighted by atomic mass is 16.5. The summed E-state index contributed by atoms with van der Waals surface area (Å²) in [6.07, 6.45) is 2.64. The standard InChI is InChI=1S/C17H18N4O2/c1-21-10-15(16(20-21)14-5-6-23-11-14)17(22)19-9-13-4-2-3-12(7-13)8-18/h2-4,7,10,14H,5-6,9,11H2,1H3,(H,19,22). The number of hydrogen-bond donors (Lipinski definition) is 1. The van der Waals surface area contributed by atoms with Crippen LogP contribution in [0.2, 0.25) is 0 Å². The van der Waals surface area contributed by atoms with Crippen LogP contribution >= 0.6 is 0 Å². The normalized spacial score (nSPS) is 17.0. The topological polar surface area (TPSA) is 79.9 Å². The molecule has 1 amide bonds. The van der Waals surface area contributed by atoms with Gasteiger partial charge in [-0.1, -0.05) is 12.1 Å². The molecule has 118 valence electrons. The minimum atomic E-state index is -0.151. The third-order valence-electron chi connectivity index (χ3n) is 3.93. The van der Waals surface area contributed by atoms with Crippen molar-refractivity contribution in [2.45, 2.75) is 18.9 Å². The Morgan fingerprint density at radius 1 is 1.57 bits per heavy atom. The molecule has 3 rings (SSSR count). The Morgan fingerprint density at radius 2 is 2.43 bits per heavy atom. The molecule has 0 bridgehead atoms. The van der Waals surface area contributed by atoms with E-state index in [0.29, 0.717) is 30.9 Å². The van der Waals surface area contributed by atoms with Crippen molar-refractivity contribution in [3.63, 3.8) is 0 Å². The summed E-state index contributed by atoms with van der Waals surface area (Å²) >= 11 is 0. The first-order valence-corrected chi connectivity index (χ1v) is 7.56. The Morgan fingerprint density at radius 3 is 3.17 bits per heavy atom. The number of nitrogens with zero attached hydrogens (tertiary/aromatic N) is 3. The summed E-state index contributed by atoms with van der Waals surface area (Å²) in [4.78, 5) is 12.5. The van der Waals surface area contributed by atoms with E-state index in [-0.39, 0.29) is 11.8 Å². The maximum atomic E-state index is 12.5. The molecule has 1 saturated heterocycles. The Kier molecular flexibility index (Phi) is 4.40. The number of rotatable bonds is 4. The van der Waals surface area contributed by atoms with E-state index in [9.17, 15) is 4.79 Å². The average Bonchev–Trinajstić information content (AvgIpc) is 3.22. The van der Waals surface area contributed by atoms with Gasteiger partial charge in [-0.25, -0.2) is 0 Å². The second-order valence-electron chi connectivity index (χ2n) is 5.66. The molecule has 6 nitrogen and oxygen atoms in total. The monoisotopic (exact) mass is 310 g/mol. The highest BCUT2D eigenvalue weighted by Gasteiger charge is 2.26. The van der Waals surface area contributed by atoms with Crippen LogP contribution in [-0.2, 0) is 18.3 Å². The van der Waals surface area contributed by atoms with Gasteiger partial charge in [0.1, 0.15) is 0 Å². The van der Waals surface area contributed by atoms with Gasteiger partial charge in [0.05, 0.1) is 29.5 Å². The van der Waals surface area contributed by atoms with E-state index in [1.165, 1.54) is 0 Å². The molecule has 1 fully saturated rings. The zero-order chi connectivity index (χ0) is 16.2. The molecular formula is C17H18N4O2. The zero-order valence-electron chi connectivity index (χ0n) is 13.0. The van der Waals surface area contributed by atoms with E-state index < -0.39 is 0 Å². The van der Waals surface area contributed by atoms with Crippen LogP contribution in [0.15, 0.2) is 30.5 Å². The number of ether oxygens (including phenoxy) is 1. The summed E-state index contributed by atoms with van der Waals surface area (Å²) in [6.45, 7) is 1.70. The van der Waals surface area contributed by atoms with Gasteiger partial charge in [-0.3, -0.25) is 9.48 Å². The van der Waals surface area contributed by atoms with E-state index >= 15 is 0 Å². The average molecular weight is 310 g/mol. The fourth-order valence-corrected chi connectivity index (χ4v) is 2.76. The van der Waals surface area contributed by atoms with Gasteiger partial charge in [0.25, 0.3) is 5.91 Å². The Hall–Kier alpha value is -2.65. The lowest BCUT2D eigenvalue weighted by molar-refractivity contribution is 0.0949. The summed E-state index contributed by atoms with van der Waals surface area (Å²) < 4.78 is 7.06. The van der Waals surface area contributed by atoms with Crippen LogP contribution in [0.3, 0.4) is 0 Å². The van der Waals surface area contributed by atoms with Crippen molar-refractivity contribution in [1.29, 1.82) is 5.26 Å². The van der Waals surface area contributed by atoms with Crippen molar-refractivity contribution in [1.82, 2.24) is 15.1 Å². The number of nitriles is 1. The van der Waals surface area contributed by atoms with Crippen LogP contribution in [0.4, 0.5) is 0 Å². The van der Waals surface area contributed by atoms with Crippen LogP contribution in [0.25, 0.3) is 0 Å².